The SMILES string of the molecule is CC1CCc2c(sc3nc(C4CCCC4)[nH]c(=O)c23)C1. The smallest absolute Gasteiger partial charge is 0.259 e. The monoisotopic (exact) mass is 288 g/mol. The maximum Gasteiger partial charge on any atom is 0.259 e. The predicted molar refractivity (Wildman–Crippen MR) is 82.6 cm³/mol. The summed E-state index contributed by atoms with van der Waals surface area (Å²) in [6.45, 7) is 2.30. The van der Waals surface area contributed by atoms with Crippen molar-refractivity contribution < 1.29 is 0 Å². The van der Waals surface area contributed by atoms with Gasteiger partial charge in [0.05, 0.1) is 5.39 Å². The molecule has 0 aliphatic heterocycles. The summed E-state index contributed by atoms with van der Waals surface area (Å²) in [5.74, 6) is 2.15. The Balaban J connectivity index is 1.86. The van der Waals surface area contributed by atoms with Crippen molar-refractivity contribution in [3.63, 3.8) is 0 Å². The Bertz CT molecular complexity index is 709. The van der Waals surface area contributed by atoms with Crippen LogP contribution in [0.2, 0.25) is 0 Å². The van der Waals surface area contributed by atoms with Crippen LogP contribution in [0.1, 0.15) is 61.2 Å². The van der Waals surface area contributed by atoms with Gasteiger partial charge in [-0.2, -0.15) is 0 Å². The van der Waals surface area contributed by atoms with Crippen molar-refractivity contribution >= 4 is 21.6 Å². The minimum atomic E-state index is 0.101. The molecule has 1 saturated carbocycles. The number of nitrogens with zero attached hydrogens (tertiary/aromatic N) is 1. The van der Waals surface area contributed by atoms with E-state index in [9.17, 15) is 4.79 Å². The Hall–Kier alpha value is -1.16. The molecule has 20 heavy (non-hydrogen) atoms. The Labute approximate surface area is 122 Å². The van der Waals surface area contributed by atoms with Crippen molar-refractivity contribution in [1.82, 2.24) is 9.97 Å². The highest BCUT2D eigenvalue weighted by Crippen LogP contribution is 2.37. The number of H-pyrrole nitrogens is 1. The van der Waals surface area contributed by atoms with E-state index in [0.29, 0.717) is 5.92 Å². The van der Waals surface area contributed by atoms with Crippen LogP contribution < -0.4 is 5.56 Å². The van der Waals surface area contributed by atoms with Gasteiger partial charge in [0, 0.05) is 10.8 Å². The van der Waals surface area contributed by atoms with Crippen LogP contribution in [0.5, 0.6) is 0 Å². The van der Waals surface area contributed by atoms with E-state index in [2.05, 4.69) is 11.9 Å². The highest BCUT2D eigenvalue weighted by molar-refractivity contribution is 7.18. The number of aromatic nitrogens is 2. The molecule has 2 aromatic heterocycles. The molecule has 2 aliphatic rings. The van der Waals surface area contributed by atoms with Gasteiger partial charge in [0.1, 0.15) is 10.7 Å². The number of fused-ring (bicyclic) bond motifs is 3. The van der Waals surface area contributed by atoms with Gasteiger partial charge >= 0.3 is 0 Å². The van der Waals surface area contributed by atoms with Crippen LogP contribution in [0.3, 0.4) is 0 Å². The molecular weight excluding hydrogens is 268 g/mol. The summed E-state index contributed by atoms with van der Waals surface area (Å²) in [6.07, 6.45) is 8.25. The molecule has 2 aliphatic carbocycles. The van der Waals surface area contributed by atoms with Crippen LogP contribution in [-0.2, 0) is 12.8 Å². The van der Waals surface area contributed by atoms with E-state index in [-0.39, 0.29) is 5.56 Å². The average molecular weight is 288 g/mol. The molecule has 1 N–H and O–H groups in total. The first kappa shape index (κ1) is 12.6. The van der Waals surface area contributed by atoms with Gasteiger partial charge in [0.2, 0.25) is 0 Å². The van der Waals surface area contributed by atoms with E-state index in [1.165, 1.54) is 42.5 Å². The highest BCUT2D eigenvalue weighted by atomic mass is 32.1. The van der Waals surface area contributed by atoms with Crippen molar-refractivity contribution in [3.05, 3.63) is 26.6 Å². The summed E-state index contributed by atoms with van der Waals surface area (Å²) in [6, 6.07) is 0. The quantitative estimate of drug-likeness (QED) is 0.868. The third-order valence-corrected chi connectivity index (χ3v) is 6.07. The van der Waals surface area contributed by atoms with Gasteiger partial charge in [-0.15, -0.1) is 11.3 Å². The van der Waals surface area contributed by atoms with Gasteiger partial charge < -0.3 is 4.98 Å². The fourth-order valence-corrected chi connectivity index (χ4v) is 5.15. The van der Waals surface area contributed by atoms with Crippen LogP contribution in [0.15, 0.2) is 4.79 Å². The summed E-state index contributed by atoms with van der Waals surface area (Å²) in [5.41, 5.74) is 1.39. The van der Waals surface area contributed by atoms with E-state index in [4.69, 9.17) is 4.98 Å². The van der Waals surface area contributed by atoms with E-state index < -0.39 is 0 Å². The lowest BCUT2D eigenvalue weighted by Gasteiger charge is -2.17. The summed E-state index contributed by atoms with van der Waals surface area (Å²) < 4.78 is 0. The van der Waals surface area contributed by atoms with Crippen LogP contribution in [0.25, 0.3) is 10.2 Å². The van der Waals surface area contributed by atoms with E-state index in [0.717, 1.165) is 34.8 Å². The molecule has 0 bridgehead atoms. The van der Waals surface area contributed by atoms with Crippen molar-refractivity contribution in [1.29, 1.82) is 0 Å². The lowest BCUT2D eigenvalue weighted by molar-refractivity contribution is 0.509. The molecule has 0 saturated heterocycles. The third kappa shape index (κ3) is 1.93. The normalized spacial score (nSPS) is 23.4. The van der Waals surface area contributed by atoms with Gasteiger partial charge in [0.15, 0.2) is 0 Å². The standard InChI is InChI=1S/C16H20N2OS/c1-9-6-7-11-12(8-9)20-16-13(11)15(19)17-14(18-16)10-4-2-3-5-10/h9-10H,2-8H2,1H3,(H,17,18,19). The Morgan fingerprint density at radius 2 is 2.05 bits per heavy atom. The zero-order chi connectivity index (χ0) is 13.7. The third-order valence-electron chi connectivity index (χ3n) is 4.93. The Morgan fingerprint density at radius 1 is 1.25 bits per heavy atom. The van der Waals surface area contributed by atoms with Gasteiger partial charge in [-0.3, -0.25) is 4.79 Å². The highest BCUT2D eigenvalue weighted by Gasteiger charge is 2.25. The van der Waals surface area contributed by atoms with Crippen LogP contribution in [-0.4, -0.2) is 9.97 Å². The van der Waals surface area contributed by atoms with Gasteiger partial charge in [-0.05, 0) is 43.6 Å². The largest absolute Gasteiger partial charge is 0.310 e. The zero-order valence-electron chi connectivity index (χ0n) is 11.9. The average Bonchev–Trinajstić information content (AvgIpc) is 3.04. The molecule has 1 unspecified atom stereocenters. The van der Waals surface area contributed by atoms with Crippen LogP contribution in [0.4, 0.5) is 0 Å². The van der Waals surface area contributed by atoms with Crippen molar-refractivity contribution in [2.24, 2.45) is 5.92 Å². The van der Waals surface area contributed by atoms with E-state index in [1.807, 2.05) is 0 Å². The van der Waals surface area contributed by atoms with Gasteiger partial charge in [0.25, 0.3) is 5.56 Å². The molecule has 0 radical (unpaired) electrons. The number of aromatic amines is 1. The number of thiophene rings is 1. The molecular formula is C16H20N2OS. The summed E-state index contributed by atoms with van der Waals surface area (Å²) in [4.78, 5) is 22.8. The van der Waals surface area contributed by atoms with E-state index in [1.54, 1.807) is 11.3 Å². The molecule has 2 aromatic rings. The second-order valence-corrected chi connectivity index (χ2v) is 7.55. The fraction of sp³-hybridized carbons (Fsp3) is 0.625. The number of hydrogen-bond acceptors (Lipinski definition) is 3. The topological polar surface area (TPSA) is 45.8 Å². The molecule has 2 heterocycles. The number of hydrogen-bond donors (Lipinski definition) is 1. The van der Waals surface area contributed by atoms with Crippen molar-refractivity contribution in [3.8, 4) is 0 Å². The van der Waals surface area contributed by atoms with Crippen LogP contribution >= 0.6 is 11.3 Å². The first-order chi connectivity index (χ1) is 9.72. The van der Waals surface area contributed by atoms with Crippen molar-refractivity contribution in [2.45, 2.75) is 57.8 Å². The summed E-state index contributed by atoms with van der Waals surface area (Å²) >= 11 is 1.76. The Kier molecular flexibility index (Phi) is 2.95. The Morgan fingerprint density at radius 3 is 2.85 bits per heavy atom. The molecule has 106 valence electrons. The fourth-order valence-electron chi connectivity index (χ4n) is 3.76. The minimum absolute atomic E-state index is 0.101. The summed E-state index contributed by atoms with van der Waals surface area (Å²) in [7, 11) is 0. The molecule has 1 atom stereocenters. The first-order valence-electron chi connectivity index (χ1n) is 7.77. The number of aryl methyl sites for hydroxylation is 1. The molecule has 0 aromatic carbocycles. The maximum atomic E-state index is 12.5. The zero-order valence-corrected chi connectivity index (χ0v) is 12.7. The molecule has 3 nitrogen and oxygen atoms in total. The maximum absolute atomic E-state index is 12.5. The molecule has 4 heteroatoms. The first-order valence-corrected chi connectivity index (χ1v) is 8.58. The number of nitrogens with one attached hydrogen (secondary N) is 1. The lowest BCUT2D eigenvalue weighted by Crippen LogP contribution is -2.15. The molecule has 1 fully saturated rings. The number of rotatable bonds is 1. The van der Waals surface area contributed by atoms with Gasteiger partial charge in [-0.25, -0.2) is 4.98 Å². The minimum Gasteiger partial charge on any atom is -0.310 e. The summed E-state index contributed by atoms with van der Waals surface area (Å²) in [5, 5.41) is 0.888. The van der Waals surface area contributed by atoms with Crippen LogP contribution in [0, 0.1) is 5.92 Å². The van der Waals surface area contributed by atoms with Gasteiger partial charge in [-0.1, -0.05) is 19.8 Å². The molecule has 4 rings (SSSR count). The molecule has 0 spiro atoms. The van der Waals surface area contributed by atoms with E-state index >= 15 is 0 Å². The van der Waals surface area contributed by atoms with Crippen molar-refractivity contribution in [2.75, 3.05) is 0 Å². The predicted octanol–water partition coefficient (Wildman–Crippen LogP) is 3.77. The lowest BCUT2D eigenvalue weighted by atomic mass is 9.89. The molecule has 0 amide bonds. The second-order valence-electron chi connectivity index (χ2n) is 6.46. The second kappa shape index (κ2) is 4.69.